The third-order valence-electron chi connectivity index (χ3n) is 6.63. The zero-order chi connectivity index (χ0) is 24.9. The van der Waals surface area contributed by atoms with E-state index in [0.29, 0.717) is 11.5 Å². The average Bonchev–Trinajstić information content (AvgIpc) is 3.26. The van der Waals surface area contributed by atoms with E-state index in [9.17, 15) is 13.2 Å². The molecule has 1 N–H and O–H groups in total. The topological polar surface area (TPSA) is 51.0 Å². The molecule has 4 aromatic rings. The summed E-state index contributed by atoms with van der Waals surface area (Å²) >= 11 is 0. The summed E-state index contributed by atoms with van der Waals surface area (Å²) in [4.78, 5) is 4.57. The molecule has 2 unspecified atom stereocenters. The minimum atomic E-state index is -4.46. The van der Waals surface area contributed by atoms with Crippen molar-refractivity contribution in [2.45, 2.75) is 51.7 Å². The predicted octanol–water partition coefficient (Wildman–Crippen LogP) is 7.85. The SMILES string of the molecule is Cc1cc(-c2noc(C3Nc4c(C(C)C)cccc4C(C)c4ccccc43)n2)cc(C(F)(F)F)c1. The van der Waals surface area contributed by atoms with Crippen molar-refractivity contribution in [3.8, 4) is 11.4 Å². The van der Waals surface area contributed by atoms with Gasteiger partial charge in [-0.25, -0.2) is 0 Å². The first kappa shape index (κ1) is 23.1. The third kappa shape index (κ3) is 4.20. The van der Waals surface area contributed by atoms with Crippen LogP contribution in [0.1, 0.15) is 77.9 Å². The van der Waals surface area contributed by atoms with Gasteiger partial charge in [-0.3, -0.25) is 0 Å². The minimum absolute atomic E-state index is 0.128. The maximum absolute atomic E-state index is 13.4. The number of rotatable bonds is 3. The van der Waals surface area contributed by atoms with E-state index in [-0.39, 0.29) is 23.2 Å². The molecule has 0 aliphatic carbocycles. The number of nitrogens with zero attached hydrogens (tertiary/aromatic N) is 2. The second-order valence-corrected chi connectivity index (χ2v) is 9.44. The average molecular weight is 478 g/mol. The summed E-state index contributed by atoms with van der Waals surface area (Å²) in [6, 6.07) is 17.8. The lowest BCUT2D eigenvalue weighted by Crippen LogP contribution is -2.14. The van der Waals surface area contributed by atoms with E-state index >= 15 is 0 Å². The maximum Gasteiger partial charge on any atom is 0.416 e. The van der Waals surface area contributed by atoms with Gasteiger partial charge in [0.2, 0.25) is 5.82 Å². The van der Waals surface area contributed by atoms with Gasteiger partial charge < -0.3 is 9.84 Å². The Hall–Kier alpha value is -3.61. The van der Waals surface area contributed by atoms with Crippen molar-refractivity contribution in [1.82, 2.24) is 10.1 Å². The number of fused-ring (bicyclic) bond motifs is 2. The first-order chi connectivity index (χ1) is 16.6. The summed E-state index contributed by atoms with van der Waals surface area (Å²) < 4.78 is 45.8. The molecule has 5 rings (SSSR count). The fraction of sp³-hybridized carbons (Fsp3) is 0.286. The fourth-order valence-electron chi connectivity index (χ4n) is 4.90. The number of nitrogens with one attached hydrogen (secondary N) is 1. The van der Waals surface area contributed by atoms with E-state index in [0.717, 1.165) is 28.9 Å². The van der Waals surface area contributed by atoms with Gasteiger partial charge in [-0.05, 0) is 58.9 Å². The highest BCUT2D eigenvalue weighted by atomic mass is 19.4. The Morgan fingerprint density at radius 1 is 0.943 bits per heavy atom. The van der Waals surface area contributed by atoms with Crippen molar-refractivity contribution in [2.75, 3.05) is 5.32 Å². The fourth-order valence-corrected chi connectivity index (χ4v) is 4.90. The highest BCUT2D eigenvalue weighted by Gasteiger charge is 2.33. The Morgan fingerprint density at radius 2 is 1.66 bits per heavy atom. The quantitative estimate of drug-likeness (QED) is 0.326. The number of benzene rings is 3. The second-order valence-electron chi connectivity index (χ2n) is 9.44. The molecule has 0 saturated heterocycles. The van der Waals surface area contributed by atoms with Crippen LogP contribution < -0.4 is 5.32 Å². The molecule has 1 aromatic heterocycles. The van der Waals surface area contributed by atoms with Gasteiger partial charge in [-0.15, -0.1) is 0 Å². The van der Waals surface area contributed by atoms with Gasteiger partial charge in [0.1, 0.15) is 6.04 Å². The van der Waals surface area contributed by atoms with Crippen molar-refractivity contribution in [3.05, 3.63) is 99.9 Å². The molecule has 0 spiro atoms. The number of anilines is 1. The molecule has 7 heteroatoms. The van der Waals surface area contributed by atoms with Gasteiger partial charge in [0.15, 0.2) is 0 Å². The number of halogens is 3. The van der Waals surface area contributed by atoms with Crippen LogP contribution in [0.2, 0.25) is 0 Å². The number of para-hydroxylation sites is 1. The van der Waals surface area contributed by atoms with Gasteiger partial charge in [-0.1, -0.05) is 68.4 Å². The lowest BCUT2D eigenvalue weighted by molar-refractivity contribution is -0.137. The lowest BCUT2D eigenvalue weighted by atomic mass is 9.87. The number of aromatic nitrogens is 2. The Morgan fingerprint density at radius 3 is 2.37 bits per heavy atom. The molecule has 2 atom stereocenters. The summed E-state index contributed by atoms with van der Waals surface area (Å²) in [6.45, 7) is 8.09. The van der Waals surface area contributed by atoms with Crippen LogP contribution in [0.5, 0.6) is 0 Å². The summed E-state index contributed by atoms with van der Waals surface area (Å²) in [5.74, 6) is 0.855. The van der Waals surface area contributed by atoms with Crippen LogP contribution >= 0.6 is 0 Å². The van der Waals surface area contributed by atoms with Crippen molar-refractivity contribution >= 4 is 5.69 Å². The monoisotopic (exact) mass is 477 g/mol. The van der Waals surface area contributed by atoms with E-state index in [1.807, 2.05) is 18.2 Å². The first-order valence-corrected chi connectivity index (χ1v) is 11.6. The number of hydrogen-bond donors (Lipinski definition) is 1. The number of hydrogen-bond acceptors (Lipinski definition) is 4. The Labute approximate surface area is 202 Å². The number of aryl methyl sites for hydroxylation is 1. The van der Waals surface area contributed by atoms with Gasteiger partial charge in [-0.2, -0.15) is 18.2 Å². The standard InChI is InChI=1S/C28H26F3N3O/c1-15(2)20-10-7-11-22-17(4)21-8-5-6-9-23(21)25(32-24(20)22)27-33-26(34-35-27)18-12-16(3)13-19(14-18)28(29,30)31/h5-15,17,25,32H,1-4H3. The van der Waals surface area contributed by atoms with E-state index < -0.39 is 17.8 Å². The van der Waals surface area contributed by atoms with Gasteiger partial charge in [0.05, 0.1) is 5.56 Å². The van der Waals surface area contributed by atoms with E-state index in [1.54, 1.807) is 13.0 Å². The zero-order valence-electron chi connectivity index (χ0n) is 19.9. The van der Waals surface area contributed by atoms with Crippen molar-refractivity contribution in [2.24, 2.45) is 0 Å². The molecule has 4 nitrogen and oxygen atoms in total. The van der Waals surface area contributed by atoms with Crippen LogP contribution in [0.15, 0.2) is 65.2 Å². The third-order valence-corrected chi connectivity index (χ3v) is 6.63. The molecular formula is C28H26F3N3O. The highest BCUT2D eigenvalue weighted by molar-refractivity contribution is 5.66. The molecular weight excluding hydrogens is 451 g/mol. The second kappa shape index (κ2) is 8.56. The molecule has 1 aliphatic heterocycles. The van der Waals surface area contributed by atoms with Crippen LogP contribution in [0.25, 0.3) is 11.4 Å². The lowest BCUT2D eigenvalue weighted by Gasteiger charge is -2.21. The summed E-state index contributed by atoms with van der Waals surface area (Å²) in [5.41, 5.74) is 5.54. The number of alkyl halides is 3. The molecule has 35 heavy (non-hydrogen) atoms. The largest absolute Gasteiger partial charge is 0.416 e. The van der Waals surface area contributed by atoms with Gasteiger partial charge in [0.25, 0.3) is 5.89 Å². The van der Waals surface area contributed by atoms with Crippen LogP contribution in [-0.2, 0) is 6.18 Å². The summed E-state index contributed by atoms with van der Waals surface area (Å²) in [5, 5.41) is 7.72. The normalized spacial score (nSPS) is 17.5. The molecule has 1 aliphatic rings. The molecule has 0 amide bonds. The molecule has 0 bridgehead atoms. The Kier molecular flexibility index (Phi) is 5.66. The Bertz CT molecular complexity index is 1390. The van der Waals surface area contributed by atoms with E-state index in [4.69, 9.17) is 4.52 Å². The Balaban J connectivity index is 1.63. The van der Waals surface area contributed by atoms with Crippen LogP contribution in [0.3, 0.4) is 0 Å². The highest BCUT2D eigenvalue weighted by Crippen LogP contribution is 2.44. The minimum Gasteiger partial charge on any atom is -0.370 e. The molecule has 0 saturated carbocycles. The van der Waals surface area contributed by atoms with Gasteiger partial charge >= 0.3 is 6.18 Å². The molecule has 3 aromatic carbocycles. The predicted molar refractivity (Wildman–Crippen MR) is 129 cm³/mol. The van der Waals surface area contributed by atoms with Crippen molar-refractivity contribution in [3.63, 3.8) is 0 Å². The molecule has 0 radical (unpaired) electrons. The van der Waals surface area contributed by atoms with Crippen LogP contribution in [-0.4, -0.2) is 10.1 Å². The maximum atomic E-state index is 13.4. The first-order valence-electron chi connectivity index (χ1n) is 11.6. The summed E-state index contributed by atoms with van der Waals surface area (Å²) in [6.07, 6.45) is -4.46. The molecule has 0 fully saturated rings. The van der Waals surface area contributed by atoms with Gasteiger partial charge in [0, 0.05) is 17.2 Å². The molecule has 180 valence electrons. The van der Waals surface area contributed by atoms with E-state index in [1.165, 1.54) is 11.1 Å². The van der Waals surface area contributed by atoms with Crippen molar-refractivity contribution < 1.29 is 17.7 Å². The van der Waals surface area contributed by atoms with Crippen molar-refractivity contribution in [1.29, 1.82) is 0 Å². The van der Waals surface area contributed by atoms with E-state index in [2.05, 4.69) is 60.5 Å². The summed E-state index contributed by atoms with van der Waals surface area (Å²) in [7, 11) is 0. The molecule has 2 heterocycles. The zero-order valence-corrected chi connectivity index (χ0v) is 19.9. The van der Waals surface area contributed by atoms with Crippen LogP contribution in [0.4, 0.5) is 18.9 Å². The van der Waals surface area contributed by atoms with Crippen LogP contribution in [0, 0.1) is 6.92 Å². The smallest absolute Gasteiger partial charge is 0.370 e.